The number of carbonyl (C=O) groups excluding carboxylic acids is 1. The zero-order chi connectivity index (χ0) is 10.7. The van der Waals surface area contributed by atoms with E-state index in [0.717, 1.165) is 10.2 Å². The van der Waals surface area contributed by atoms with Gasteiger partial charge in [-0.1, -0.05) is 30.3 Å². The van der Waals surface area contributed by atoms with Crippen molar-refractivity contribution in [1.82, 2.24) is 9.78 Å². The predicted octanol–water partition coefficient (Wildman–Crippen LogP) is 1.41. The van der Waals surface area contributed by atoms with Gasteiger partial charge in [-0.3, -0.25) is 0 Å². The lowest BCUT2D eigenvalue weighted by atomic mass is 10.1. The van der Waals surface area contributed by atoms with Gasteiger partial charge in [-0.25, -0.2) is 4.79 Å². The van der Waals surface area contributed by atoms with Crippen molar-refractivity contribution in [3.05, 3.63) is 60.3 Å². The molecule has 1 heterocycles. The summed E-state index contributed by atoms with van der Waals surface area (Å²) in [5.74, 6) is 0. The van der Waals surface area contributed by atoms with Crippen LogP contribution in [0.25, 0.3) is 0 Å². The fraction of sp³-hybridized carbons (Fsp3) is 0. The molecule has 1 radical (unpaired) electrons. The number of hydrogen-bond acceptors (Lipinski definition) is 2. The van der Waals surface area contributed by atoms with Gasteiger partial charge >= 0.3 is 6.03 Å². The molecule has 0 fully saturated rings. The molecule has 75 valence electrons. The maximum absolute atomic E-state index is 10.8. The van der Waals surface area contributed by atoms with E-state index in [-0.39, 0.29) is 0 Å². The first kappa shape index (κ1) is 9.45. The Balaban J connectivity index is 2.15. The first-order chi connectivity index (χ1) is 7.25. The third-order valence-electron chi connectivity index (χ3n) is 1.95. The van der Waals surface area contributed by atoms with Crippen LogP contribution in [-0.4, -0.2) is 15.8 Å². The molecule has 2 rings (SSSR count). The molecular formula is C11H10N3O. The number of hydrogen-bond donors (Lipinski definition) is 1. The van der Waals surface area contributed by atoms with Crippen LogP contribution >= 0.6 is 0 Å². The Labute approximate surface area is 87.3 Å². The quantitative estimate of drug-likeness (QED) is 0.796. The molecule has 0 bridgehead atoms. The molecule has 0 saturated heterocycles. The summed E-state index contributed by atoms with van der Waals surface area (Å²) in [6.07, 6.45) is 3.41. The first-order valence-corrected chi connectivity index (χ1v) is 4.51. The Hall–Kier alpha value is -2.10. The highest BCUT2D eigenvalue weighted by Gasteiger charge is 2.03. The highest BCUT2D eigenvalue weighted by atomic mass is 16.2. The zero-order valence-electron chi connectivity index (χ0n) is 8.00. The van der Waals surface area contributed by atoms with E-state index in [0.29, 0.717) is 5.69 Å². The Morgan fingerprint density at radius 1 is 1.27 bits per heavy atom. The molecule has 0 atom stereocenters. The lowest BCUT2D eigenvalue weighted by Gasteiger charge is -1.96. The lowest BCUT2D eigenvalue weighted by molar-refractivity contribution is 0.247. The first-order valence-electron chi connectivity index (χ1n) is 4.51. The summed E-state index contributed by atoms with van der Waals surface area (Å²) >= 11 is 0. The third-order valence-corrected chi connectivity index (χ3v) is 1.95. The topological polar surface area (TPSA) is 60.9 Å². The number of amides is 1. The fourth-order valence-electron chi connectivity index (χ4n) is 1.26. The highest BCUT2D eigenvalue weighted by molar-refractivity contribution is 5.73. The summed E-state index contributed by atoms with van der Waals surface area (Å²) in [5.41, 5.74) is 6.81. The molecule has 2 aromatic rings. The van der Waals surface area contributed by atoms with Gasteiger partial charge in [0, 0.05) is 12.6 Å². The summed E-state index contributed by atoms with van der Waals surface area (Å²) in [4.78, 5) is 10.8. The van der Waals surface area contributed by atoms with Gasteiger partial charge in [0.1, 0.15) is 0 Å². The highest BCUT2D eigenvalue weighted by Crippen LogP contribution is 2.08. The largest absolute Gasteiger partial charge is 0.350 e. The second kappa shape index (κ2) is 3.96. The normalized spacial score (nSPS) is 10.1. The second-order valence-corrected chi connectivity index (χ2v) is 3.08. The van der Waals surface area contributed by atoms with Crippen LogP contribution in [0, 0.1) is 6.42 Å². The molecule has 0 saturated carbocycles. The molecule has 0 unspecified atom stereocenters. The average Bonchev–Trinajstić information content (AvgIpc) is 2.68. The summed E-state index contributed by atoms with van der Waals surface area (Å²) in [6.45, 7) is 0. The van der Waals surface area contributed by atoms with E-state index >= 15 is 0 Å². The number of carbonyl (C=O) groups is 1. The second-order valence-electron chi connectivity index (χ2n) is 3.08. The fourth-order valence-corrected chi connectivity index (χ4v) is 1.26. The van der Waals surface area contributed by atoms with E-state index in [4.69, 9.17) is 5.73 Å². The van der Waals surface area contributed by atoms with Crippen LogP contribution in [0.4, 0.5) is 4.79 Å². The van der Waals surface area contributed by atoms with Gasteiger partial charge < -0.3 is 5.73 Å². The molecule has 0 aliphatic carbocycles. The van der Waals surface area contributed by atoms with Gasteiger partial charge in [-0.15, -0.1) is 0 Å². The predicted molar refractivity (Wildman–Crippen MR) is 56.2 cm³/mol. The zero-order valence-corrected chi connectivity index (χ0v) is 8.00. The molecule has 4 heteroatoms. The Bertz CT molecular complexity index is 462. The maximum atomic E-state index is 10.8. The van der Waals surface area contributed by atoms with Gasteiger partial charge in [-0.05, 0) is 11.6 Å². The van der Waals surface area contributed by atoms with Crippen molar-refractivity contribution in [3.63, 3.8) is 0 Å². The van der Waals surface area contributed by atoms with E-state index in [1.165, 1.54) is 6.20 Å². The molecule has 0 spiro atoms. The summed E-state index contributed by atoms with van der Waals surface area (Å²) < 4.78 is 1.11. The minimum atomic E-state index is -0.581. The van der Waals surface area contributed by atoms with Gasteiger partial charge in [0.15, 0.2) is 0 Å². The number of nitrogens with zero attached hydrogens (tertiary/aromatic N) is 2. The number of primary amides is 1. The van der Waals surface area contributed by atoms with Crippen molar-refractivity contribution >= 4 is 6.03 Å². The molecule has 2 N–H and O–H groups in total. The van der Waals surface area contributed by atoms with E-state index < -0.39 is 6.03 Å². The minimum Gasteiger partial charge on any atom is -0.350 e. The molecule has 0 aliphatic rings. The molecular weight excluding hydrogens is 190 g/mol. The van der Waals surface area contributed by atoms with Crippen molar-refractivity contribution in [1.29, 1.82) is 0 Å². The van der Waals surface area contributed by atoms with Crippen molar-refractivity contribution in [2.45, 2.75) is 0 Å². The molecule has 4 nitrogen and oxygen atoms in total. The summed E-state index contributed by atoms with van der Waals surface area (Å²) in [6, 6.07) is 10.9. The molecule has 1 aromatic heterocycles. The summed E-state index contributed by atoms with van der Waals surface area (Å²) in [5, 5.41) is 3.99. The van der Waals surface area contributed by atoms with Crippen molar-refractivity contribution < 1.29 is 4.79 Å². The third kappa shape index (κ3) is 2.22. The molecule has 15 heavy (non-hydrogen) atoms. The van der Waals surface area contributed by atoms with E-state index in [1.54, 1.807) is 6.07 Å². The van der Waals surface area contributed by atoms with Crippen LogP contribution in [-0.2, 0) is 0 Å². The lowest BCUT2D eigenvalue weighted by Crippen LogP contribution is -2.19. The average molecular weight is 200 g/mol. The van der Waals surface area contributed by atoms with Crippen LogP contribution in [0.5, 0.6) is 0 Å². The van der Waals surface area contributed by atoms with Crippen LogP contribution in [0.15, 0.2) is 42.6 Å². The van der Waals surface area contributed by atoms with Crippen molar-refractivity contribution in [2.24, 2.45) is 5.73 Å². The van der Waals surface area contributed by atoms with Gasteiger partial charge in [0.2, 0.25) is 0 Å². The summed E-state index contributed by atoms with van der Waals surface area (Å²) in [7, 11) is 0. The Kier molecular flexibility index (Phi) is 2.49. The van der Waals surface area contributed by atoms with Crippen molar-refractivity contribution in [3.8, 4) is 0 Å². The molecule has 1 amide bonds. The number of nitrogens with two attached hydrogens (primary N) is 1. The van der Waals surface area contributed by atoms with Crippen LogP contribution in [0.1, 0.15) is 11.3 Å². The smallest absolute Gasteiger partial charge is 0.339 e. The number of aromatic nitrogens is 2. The Morgan fingerprint density at radius 2 is 2.00 bits per heavy atom. The van der Waals surface area contributed by atoms with E-state index in [1.807, 2.05) is 36.8 Å². The molecule has 0 aliphatic heterocycles. The van der Waals surface area contributed by atoms with Crippen molar-refractivity contribution in [2.75, 3.05) is 0 Å². The molecule has 1 aromatic carbocycles. The SMILES string of the molecule is NC(=O)n1ccc([CH]c2ccccc2)n1. The monoisotopic (exact) mass is 200 g/mol. The maximum Gasteiger partial charge on any atom is 0.339 e. The minimum absolute atomic E-state index is 0.581. The van der Waals surface area contributed by atoms with E-state index in [2.05, 4.69) is 5.10 Å². The van der Waals surface area contributed by atoms with Gasteiger partial charge in [0.25, 0.3) is 0 Å². The number of benzene rings is 1. The van der Waals surface area contributed by atoms with E-state index in [9.17, 15) is 4.79 Å². The van der Waals surface area contributed by atoms with Crippen LogP contribution in [0.3, 0.4) is 0 Å². The van der Waals surface area contributed by atoms with Crippen LogP contribution in [0.2, 0.25) is 0 Å². The van der Waals surface area contributed by atoms with Crippen LogP contribution < -0.4 is 5.73 Å². The van der Waals surface area contributed by atoms with Gasteiger partial charge in [-0.2, -0.15) is 9.78 Å². The van der Waals surface area contributed by atoms with Gasteiger partial charge in [0.05, 0.1) is 5.69 Å². The Morgan fingerprint density at radius 3 is 2.60 bits per heavy atom. The standard InChI is InChI=1S/C11H10N3O/c12-11(15)14-7-6-10(13-14)8-9-4-2-1-3-5-9/h1-8H,(H2,12,15). The number of rotatable bonds is 2.